The molecule has 0 aliphatic carbocycles. The number of esters is 1. The second kappa shape index (κ2) is 10.1. The Hall–Kier alpha value is -1.73. The topological polar surface area (TPSA) is 84.5 Å². The van der Waals surface area contributed by atoms with Gasteiger partial charge in [-0.1, -0.05) is 18.5 Å². The molecule has 2 amide bonds. The fourth-order valence-corrected chi connectivity index (χ4v) is 2.37. The molecule has 8 heteroatoms. The number of thioether (sulfide) groups is 1. The molecular weight excluding hydrogens is 340 g/mol. The van der Waals surface area contributed by atoms with Gasteiger partial charge in [0.15, 0.2) is 0 Å². The molecule has 0 atom stereocenters. The summed E-state index contributed by atoms with van der Waals surface area (Å²) in [6.45, 7) is 4.22. The number of hydrogen-bond donors (Lipinski definition) is 2. The van der Waals surface area contributed by atoms with Gasteiger partial charge < -0.3 is 15.4 Å². The standard InChI is InChI=1S/C15H19ClN2O4S/c1-3-22-15(21)14(20)18-12-6-5-10(16)9-11(12)13(19)17-7-8-23-4-2/h5-6,9H,3-4,7-8H2,1-2H3,(H,17,19)(H,18,20). The van der Waals surface area contributed by atoms with Gasteiger partial charge in [-0.2, -0.15) is 11.8 Å². The van der Waals surface area contributed by atoms with E-state index in [0.717, 1.165) is 11.5 Å². The number of anilines is 1. The van der Waals surface area contributed by atoms with E-state index >= 15 is 0 Å². The van der Waals surface area contributed by atoms with Gasteiger partial charge in [-0.05, 0) is 30.9 Å². The van der Waals surface area contributed by atoms with Crippen molar-refractivity contribution in [3.8, 4) is 0 Å². The maximum atomic E-state index is 12.2. The number of nitrogens with one attached hydrogen (secondary N) is 2. The Balaban J connectivity index is 2.82. The molecule has 0 aliphatic heterocycles. The Morgan fingerprint density at radius 1 is 1.26 bits per heavy atom. The highest BCUT2D eigenvalue weighted by Crippen LogP contribution is 2.21. The van der Waals surface area contributed by atoms with Crippen LogP contribution in [0.15, 0.2) is 18.2 Å². The van der Waals surface area contributed by atoms with Crippen molar-refractivity contribution in [3.63, 3.8) is 0 Å². The maximum Gasteiger partial charge on any atom is 0.397 e. The van der Waals surface area contributed by atoms with Crippen molar-refractivity contribution in [2.24, 2.45) is 0 Å². The normalized spacial score (nSPS) is 10.0. The average Bonchev–Trinajstić information content (AvgIpc) is 2.53. The first-order valence-corrected chi connectivity index (χ1v) is 8.66. The van der Waals surface area contributed by atoms with Crippen molar-refractivity contribution in [3.05, 3.63) is 28.8 Å². The molecule has 1 aromatic rings. The zero-order chi connectivity index (χ0) is 17.2. The van der Waals surface area contributed by atoms with Crippen molar-refractivity contribution in [2.75, 3.05) is 30.0 Å². The minimum absolute atomic E-state index is 0.0926. The lowest BCUT2D eigenvalue weighted by Crippen LogP contribution is -2.29. The van der Waals surface area contributed by atoms with E-state index in [4.69, 9.17) is 11.6 Å². The van der Waals surface area contributed by atoms with Crippen molar-refractivity contribution in [1.29, 1.82) is 0 Å². The molecule has 0 fully saturated rings. The number of hydrogen-bond acceptors (Lipinski definition) is 5. The van der Waals surface area contributed by atoms with Crippen LogP contribution < -0.4 is 10.6 Å². The van der Waals surface area contributed by atoms with Crippen molar-refractivity contribution in [2.45, 2.75) is 13.8 Å². The predicted octanol–water partition coefficient (Wildman–Crippen LogP) is 2.32. The van der Waals surface area contributed by atoms with E-state index in [0.29, 0.717) is 11.6 Å². The molecule has 0 aliphatic rings. The van der Waals surface area contributed by atoms with Gasteiger partial charge in [0.2, 0.25) is 0 Å². The Bertz CT molecular complexity index is 581. The first kappa shape index (κ1) is 19.3. The van der Waals surface area contributed by atoms with Gasteiger partial charge in [-0.3, -0.25) is 9.59 Å². The van der Waals surface area contributed by atoms with E-state index in [2.05, 4.69) is 15.4 Å². The SMILES string of the molecule is CCOC(=O)C(=O)Nc1ccc(Cl)cc1C(=O)NCCSCC. The van der Waals surface area contributed by atoms with Crippen LogP contribution in [0, 0.1) is 0 Å². The molecule has 0 heterocycles. The van der Waals surface area contributed by atoms with Gasteiger partial charge in [0.25, 0.3) is 5.91 Å². The number of amides is 2. The second-order valence-corrected chi connectivity index (χ2v) is 6.15. The lowest BCUT2D eigenvalue weighted by molar-refractivity contribution is -0.152. The van der Waals surface area contributed by atoms with E-state index < -0.39 is 11.9 Å². The first-order chi connectivity index (χ1) is 11.0. The fraction of sp³-hybridized carbons (Fsp3) is 0.400. The Morgan fingerprint density at radius 3 is 2.65 bits per heavy atom. The number of benzene rings is 1. The number of ether oxygens (including phenoxy) is 1. The number of carbonyl (C=O) groups excluding carboxylic acids is 3. The molecule has 0 radical (unpaired) electrons. The van der Waals surface area contributed by atoms with E-state index in [1.807, 2.05) is 6.92 Å². The summed E-state index contributed by atoms with van der Waals surface area (Å²) in [5, 5.41) is 5.46. The maximum absolute atomic E-state index is 12.2. The van der Waals surface area contributed by atoms with E-state index in [1.165, 1.54) is 18.2 Å². The number of carbonyl (C=O) groups is 3. The third kappa shape index (κ3) is 6.50. The van der Waals surface area contributed by atoms with E-state index in [9.17, 15) is 14.4 Å². The Labute approximate surface area is 144 Å². The third-order valence-corrected chi connectivity index (χ3v) is 3.81. The largest absolute Gasteiger partial charge is 0.459 e. The van der Waals surface area contributed by atoms with Gasteiger partial charge in [0.05, 0.1) is 17.9 Å². The lowest BCUT2D eigenvalue weighted by Gasteiger charge is -2.11. The smallest absolute Gasteiger partial charge is 0.397 e. The van der Waals surface area contributed by atoms with Crippen molar-refractivity contribution >= 4 is 46.8 Å². The van der Waals surface area contributed by atoms with Crippen LogP contribution in [0.5, 0.6) is 0 Å². The summed E-state index contributed by atoms with van der Waals surface area (Å²) in [6, 6.07) is 4.42. The van der Waals surface area contributed by atoms with Crippen LogP contribution >= 0.6 is 23.4 Å². The van der Waals surface area contributed by atoms with Crippen LogP contribution in [-0.4, -0.2) is 42.4 Å². The van der Waals surface area contributed by atoms with Crippen LogP contribution in [0.25, 0.3) is 0 Å². The number of halogens is 1. The van der Waals surface area contributed by atoms with Crippen LogP contribution in [-0.2, 0) is 14.3 Å². The molecule has 0 aromatic heterocycles. The molecule has 6 nitrogen and oxygen atoms in total. The Kier molecular flexibility index (Phi) is 8.50. The van der Waals surface area contributed by atoms with Crippen LogP contribution in [0.1, 0.15) is 24.2 Å². The molecule has 0 saturated heterocycles. The molecule has 23 heavy (non-hydrogen) atoms. The minimum Gasteiger partial charge on any atom is -0.459 e. The number of rotatable bonds is 7. The molecule has 1 aromatic carbocycles. The van der Waals surface area contributed by atoms with Gasteiger partial charge in [-0.15, -0.1) is 0 Å². The lowest BCUT2D eigenvalue weighted by atomic mass is 10.1. The van der Waals surface area contributed by atoms with Crippen LogP contribution in [0.3, 0.4) is 0 Å². The summed E-state index contributed by atoms with van der Waals surface area (Å²) >= 11 is 7.61. The summed E-state index contributed by atoms with van der Waals surface area (Å²) in [4.78, 5) is 35.3. The highest BCUT2D eigenvalue weighted by molar-refractivity contribution is 7.99. The molecule has 0 unspecified atom stereocenters. The fourth-order valence-electron chi connectivity index (χ4n) is 1.66. The Morgan fingerprint density at radius 2 is 2.00 bits per heavy atom. The third-order valence-electron chi connectivity index (χ3n) is 2.67. The van der Waals surface area contributed by atoms with Crippen molar-refractivity contribution < 1.29 is 19.1 Å². The molecule has 0 spiro atoms. The molecule has 1 rings (SSSR count). The second-order valence-electron chi connectivity index (χ2n) is 4.32. The summed E-state index contributed by atoms with van der Waals surface area (Å²) < 4.78 is 4.61. The monoisotopic (exact) mass is 358 g/mol. The molecule has 2 N–H and O–H groups in total. The summed E-state index contributed by atoms with van der Waals surface area (Å²) in [6.07, 6.45) is 0. The molecule has 0 bridgehead atoms. The highest BCUT2D eigenvalue weighted by Gasteiger charge is 2.19. The predicted molar refractivity (Wildman–Crippen MR) is 92.0 cm³/mol. The zero-order valence-corrected chi connectivity index (χ0v) is 14.6. The summed E-state index contributed by atoms with van der Waals surface area (Å²) in [5.41, 5.74) is 0.393. The molecule has 126 valence electrons. The quantitative estimate of drug-likeness (QED) is 0.444. The summed E-state index contributed by atoms with van der Waals surface area (Å²) in [7, 11) is 0. The van der Waals surface area contributed by atoms with Crippen molar-refractivity contribution in [1.82, 2.24) is 5.32 Å². The minimum atomic E-state index is -1.01. The molecular formula is C15H19ClN2O4S. The van der Waals surface area contributed by atoms with Gasteiger partial charge in [-0.25, -0.2) is 4.79 Å². The molecule has 0 saturated carbocycles. The first-order valence-electron chi connectivity index (χ1n) is 7.13. The van der Waals surface area contributed by atoms with E-state index in [1.54, 1.807) is 18.7 Å². The highest BCUT2D eigenvalue weighted by atomic mass is 35.5. The average molecular weight is 359 g/mol. The zero-order valence-electron chi connectivity index (χ0n) is 13.0. The van der Waals surface area contributed by atoms with Crippen LogP contribution in [0.2, 0.25) is 5.02 Å². The van der Waals surface area contributed by atoms with Gasteiger partial charge >= 0.3 is 11.9 Å². The summed E-state index contributed by atoms with van der Waals surface area (Å²) in [5.74, 6) is -0.567. The van der Waals surface area contributed by atoms with Crippen LogP contribution in [0.4, 0.5) is 5.69 Å². The van der Waals surface area contributed by atoms with E-state index in [-0.39, 0.29) is 23.8 Å². The van der Waals surface area contributed by atoms with Gasteiger partial charge in [0, 0.05) is 17.3 Å². The van der Waals surface area contributed by atoms with Gasteiger partial charge in [0.1, 0.15) is 0 Å².